The Balaban J connectivity index is 2.39. The van der Waals surface area contributed by atoms with E-state index in [-0.39, 0.29) is 0 Å². The normalized spacial score (nSPS) is 10.6. The van der Waals surface area contributed by atoms with Crippen LogP contribution in [-0.4, -0.2) is 12.1 Å². The number of benzene rings is 1. The van der Waals surface area contributed by atoms with Crippen molar-refractivity contribution in [1.29, 1.82) is 0 Å². The van der Waals surface area contributed by atoms with Gasteiger partial charge in [0.15, 0.2) is 0 Å². The third kappa shape index (κ3) is 2.48. The van der Waals surface area contributed by atoms with Gasteiger partial charge in [-0.3, -0.25) is 0 Å². The van der Waals surface area contributed by atoms with Crippen LogP contribution >= 0.6 is 11.3 Å². The highest BCUT2D eigenvalue weighted by molar-refractivity contribution is 7.16. The van der Waals surface area contributed by atoms with Crippen LogP contribution in [0.5, 0.6) is 5.75 Å². The molecule has 1 aromatic heterocycles. The fraction of sp³-hybridized carbons (Fsp3) is 0.357. The van der Waals surface area contributed by atoms with Crippen LogP contribution in [0.15, 0.2) is 18.2 Å². The minimum Gasteiger partial charge on any atom is -0.496 e. The van der Waals surface area contributed by atoms with E-state index >= 15 is 0 Å². The number of methoxy groups -OCH3 is 1. The average molecular weight is 262 g/mol. The Labute approximate surface area is 112 Å². The van der Waals surface area contributed by atoms with Gasteiger partial charge in [0.2, 0.25) is 0 Å². The topological polar surface area (TPSA) is 48.1 Å². The van der Waals surface area contributed by atoms with Crippen molar-refractivity contribution < 1.29 is 4.74 Å². The lowest BCUT2D eigenvalue weighted by Gasteiger charge is -2.06. The third-order valence-corrected chi connectivity index (χ3v) is 3.77. The minimum absolute atomic E-state index is 0.794. The van der Waals surface area contributed by atoms with Crippen molar-refractivity contribution in [3.05, 3.63) is 28.8 Å². The number of anilines is 1. The summed E-state index contributed by atoms with van der Waals surface area (Å²) in [6.07, 6.45) is 2.08. The van der Waals surface area contributed by atoms with Gasteiger partial charge in [0.25, 0.3) is 0 Å². The standard InChI is InChI=1S/C14H18N2OS/c1-4-5-12-16-13(14(15)18-12)10-6-7-11(17-3)9(2)8-10/h6-8H,4-5,15H2,1-3H3. The first-order chi connectivity index (χ1) is 8.65. The Morgan fingerprint density at radius 1 is 1.39 bits per heavy atom. The van der Waals surface area contributed by atoms with E-state index in [1.54, 1.807) is 18.4 Å². The summed E-state index contributed by atoms with van der Waals surface area (Å²) in [6, 6.07) is 6.04. The molecule has 1 heterocycles. The van der Waals surface area contributed by atoms with E-state index in [2.05, 4.69) is 18.0 Å². The lowest BCUT2D eigenvalue weighted by molar-refractivity contribution is 0.412. The molecule has 0 aliphatic heterocycles. The van der Waals surface area contributed by atoms with Gasteiger partial charge in [-0.2, -0.15) is 0 Å². The Kier molecular flexibility index (Phi) is 3.87. The maximum absolute atomic E-state index is 6.05. The zero-order chi connectivity index (χ0) is 13.1. The minimum atomic E-state index is 0.794. The summed E-state index contributed by atoms with van der Waals surface area (Å²) in [5.74, 6) is 0.890. The van der Waals surface area contributed by atoms with Gasteiger partial charge >= 0.3 is 0 Å². The summed E-state index contributed by atoms with van der Waals surface area (Å²) in [5.41, 5.74) is 9.10. The number of hydrogen-bond acceptors (Lipinski definition) is 4. The first-order valence-electron chi connectivity index (χ1n) is 6.06. The molecule has 18 heavy (non-hydrogen) atoms. The molecule has 0 amide bonds. The van der Waals surface area contributed by atoms with E-state index < -0.39 is 0 Å². The zero-order valence-corrected chi connectivity index (χ0v) is 11.8. The van der Waals surface area contributed by atoms with Crippen LogP contribution in [0.3, 0.4) is 0 Å². The molecule has 3 nitrogen and oxygen atoms in total. The lowest BCUT2D eigenvalue weighted by atomic mass is 10.1. The van der Waals surface area contributed by atoms with Crippen molar-refractivity contribution in [2.45, 2.75) is 26.7 Å². The molecule has 96 valence electrons. The van der Waals surface area contributed by atoms with Crippen LogP contribution in [0.1, 0.15) is 23.9 Å². The van der Waals surface area contributed by atoms with E-state index in [0.717, 1.165) is 45.4 Å². The van der Waals surface area contributed by atoms with E-state index in [1.165, 1.54) is 0 Å². The predicted molar refractivity (Wildman–Crippen MR) is 77.2 cm³/mol. The number of aromatic nitrogens is 1. The summed E-state index contributed by atoms with van der Waals surface area (Å²) < 4.78 is 5.26. The highest BCUT2D eigenvalue weighted by Crippen LogP contribution is 2.33. The predicted octanol–water partition coefficient (Wildman–Crippen LogP) is 3.66. The second kappa shape index (κ2) is 5.40. The molecule has 2 rings (SSSR count). The molecule has 4 heteroatoms. The molecule has 2 N–H and O–H groups in total. The molecule has 0 spiro atoms. The number of ether oxygens (including phenoxy) is 1. The molecular weight excluding hydrogens is 244 g/mol. The van der Waals surface area contributed by atoms with E-state index in [0.29, 0.717) is 0 Å². The van der Waals surface area contributed by atoms with Gasteiger partial charge in [0.1, 0.15) is 16.4 Å². The van der Waals surface area contributed by atoms with Crippen LogP contribution in [-0.2, 0) is 6.42 Å². The van der Waals surface area contributed by atoms with Crippen LogP contribution in [0.25, 0.3) is 11.3 Å². The average Bonchev–Trinajstić information content (AvgIpc) is 2.71. The Morgan fingerprint density at radius 3 is 2.78 bits per heavy atom. The number of nitrogen functional groups attached to an aromatic ring is 1. The van der Waals surface area contributed by atoms with Crippen molar-refractivity contribution >= 4 is 16.3 Å². The number of nitrogens with two attached hydrogens (primary N) is 1. The maximum atomic E-state index is 6.05. The van der Waals surface area contributed by atoms with Gasteiger partial charge in [0.05, 0.1) is 12.1 Å². The first kappa shape index (κ1) is 12.9. The zero-order valence-electron chi connectivity index (χ0n) is 11.0. The van der Waals surface area contributed by atoms with E-state index in [1.807, 2.05) is 19.1 Å². The van der Waals surface area contributed by atoms with Gasteiger partial charge in [-0.1, -0.05) is 6.92 Å². The number of nitrogens with zero attached hydrogens (tertiary/aromatic N) is 1. The molecule has 0 fully saturated rings. The fourth-order valence-electron chi connectivity index (χ4n) is 1.93. The molecule has 2 aromatic rings. The first-order valence-corrected chi connectivity index (χ1v) is 6.87. The molecule has 0 unspecified atom stereocenters. The number of rotatable bonds is 4. The molecule has 0 saturated carbocycles. The van der Waals surface area contributed by atoms with Crippen molar-refractivity contribution in [3.63, 3.8) is 0 Å². The van der Waals surface area contributed by atoms with Crippen LogP contribution in [0.2, 0.25) is 0 Å². The Morgan fingerprint density at radius 2 is 2.17 bits per heavy atom. The second-order valence-electron chi connectivity index (χ2n) is 4.25. The largest absolute Gasteiger partial charge is 0.496 e. The SMILES string of the molecule is CCCc1nc(-c2ccc(OC)c(C)c2)c(N)s1. The monoisotopic (exact) mass is 262 g/mol. The van der Waals surface area contributed by atoms with Gasteiger partial charge in [-0.25, -0.2) is 4.98 Å². The van der Waals surface area contributed by atoms with E-state index in [4.69, 9.17) is 10.5 Å². The quantitative estimate of drug-likeness (QED) is 0.914. The molecule has 0 radical (unpaired) electrons. The van der Waals surface area contributed by atoms with Gasteiger partial charge in [-0.15, -0.1) is 11.3 Å². The molecule has 0 aliphatic carbocycles. The number of hydrogen-bond donors (Lipinski definition) is 1. The van der Waals surface area contributed by atoms with Crippen LogP contribution in [0, 0.1) is 6.92 Å². The highest BCUT2D eigenvalue weighted by Gasteiger charge is 2.11. The van der Waals surface area contributed by atoms with Gasteiger partial charge in [-0.05, 0) is 43.5 Å². The van der Waals surface area contributed by atoms with Gasteiger partial charge in [0, 0.05) is 5.56 Å². The summed E-state index contributed by atoms with van der Waals surface area (Å²) in [5, 5.41) is 1.90. The maximum Gasteiger partial charge on any atom is 0.121 e. The molecule has 1 aromatic carbocycles. The van der Waals surface area contributed by atoms with Crippen LogP contribution in [0.4, 0.5) is 5.00 Å². The Hall–Kier alpha value is -1.55. The second-order valence-corrected chi connectivity index (χ2v) is 5.37. The highest BCUT2D eigenvalue weighted by atomic mass is 32.1. The molecular formula is C14H18N2OS. The smallest absolute Gasteiger partial charge is 0.121 e. The van der Waals surface area contributed by atoms with Crippen molar-refractivity contribution in [2.24, 2.45) is 0 Å². The summed E-state index contributed by atoms with van der Waals surface area (Å²) in [6.45, 7) is 4.17. The number of aryl methyl sites for hydroxylation is 2. The van der Waals surface area contributed by atoms with Gasteiger partial charge < -0.3 is 10.5 Å². The summed E-state index contributed by atoms with van der Waals surface area (Å²) in [7, 11) is 1.68. The van der Waals surface area contributed by atoms with E-state index in [9.17, 15) is 0 Å². The summed E-state index contributed by atoms with van der Waals surface area (Å²) >= 11 is 1.59. The van der Waals surface area contributed by atoms with Crippen molar-refractivity contribution in [1.82, 2.24) is 4.98 Å². The summed E-state index contributed by atoms with van der Waals surface area (Å²) in [4.78, 5) is 4.62. The Bertz CT molecular complexity index is 549. The molecule has 0 saturated heterocycles. The fourth-order valence-corrected chi connectivity index (χ4v) is 2.89. The molecule has 0 bridgehead atoms. The van der Waals surface area contributed by atoms with Crippen LogP contribution < -0.4 is 10.5 Å². The third-order valence-electron chi connectivity index (χ3n) is 2.83. The van der Waals surface area contributed by atoms with Crippen molar-refractivity contribution in [3.8, 4) is 17.0 Å². The lowest BCUT2D eigenvalue weighted by Crippen LogP contribution is -1.90. The molecule has 0 atom stereocenters. The van der Waals surface area contributed by atoms with Crippen molar-refractivity contribution in [2.75, 3.05) is 12.8 Å². The number of thiazole rings is 1. The molecule has 0 aliphatic rings.